The Balaban J connectivity index is 1.91. The predicted molar refractivity (Wildman–Crippen MR) is 82.2 cm³/mol. The summed E-state index contributed by atoms with van der Waals surface area (Å²) in [4.78, 5) is 13.4. The van der Waals surface area contributed by atoms with Crippen LogP contribution < -0.4 is 0 Å². The number of aliphatic carboxylic acids is 1. The van der Waals surface area contributed by atoms with Crippen molar-refractivity contribution < 1.29 is 14.3 Å². The van der Waals surface area contributed by atoms with Crippen LogP contribution >= 0.6 is 11.6 Å². The molecular weight excluding hydrogens is 305 g/mol. The number of hydrogen-bond acceptors (Lipinski definition) is 2. The molecule has 1 heterocycles. The standard InChI is InChI=1S/C17H15ClFNO2/c18-15-4-2-1-3-12(15)9-20-10-13-7-14(19)6-5-11(13)8-16(20)17(21)22/h1-7,16H,8-10H2,(H,21,22)/t16-/m0/s1. The minimum Gasteiger partial charge on any atom is -0.480 e. The first-order chi connectivity index (χ1) is 10.5. The van der Waals surface area contributed by atoms with Gasteiger partial charge < -0.3 is 5.11 Å². The lowest BCUT2D eigenvalue weighted by molar-refractivity contribution is -0.144. The molecule has 0 saturated heterocycles. The van der Waals surface area contributed by atoms with Gasteiger partial charge in [-0.05, 0) is 41.3 Å². The van der Waals surface area contributed by atoms with Crippen molar-refractivity contribution in [2.45, 2.75) is 25.6 Å². The van der Waals surface area contributed by atoms with Crippen LogP contribution in [-0.2, 0) is 24.3 Å². The number of nitrogens with zero attached hydrogens (tertiary/aromatic N) is 1. The molecule has 2 aromatic carbocycles. The number of benzene rings is 2. The van der Waals surface area contributed by atoms with Gasteiger partial charge in [0, 0.05) is 18.1 Å². The highest BCUT2D eigenvalue weighted by molar-refractivity contribution is 6.31. The van der Waals surface area contributed by atoms with Crippen molar-refractivity contribution in [2.75, 3.05) is 0 Å². The third-order valence-electron chi connectivity index (χ3n) is 4.01. The zero-order chi connectivity index (χ0) is 15.7. The fourth-order valence-electron chi connectivity index (χ4n) is 2.86. The maximum atomic E-state index is 13.4. The van der Waals surface area contributed by atoms with Crippen molar-refractivity contribution in [3.63, 3.8) is 0 Å². The van der Waals surface area contributed by atoms with Crippen LogP contribution in [0.5, 0.6) is 0 Å². The van der Waals surface area contributed by atoms with Crippen LogP contribution in [0.25, 0.3) is 0 Å². The average molecular weight is 320 g/mol. The summed E-state index contributed by atoms with van der Waals surface area (Å²) in [5.74, 6) is -1.17. The number of halogens is 2. The summed E-state index contributed by atoms with van der Waals surface area (Å²) in [6, 6.07) is 11.3. The molecule has 0 aliphatic carbocycles. The Morgan fingerprint density at radius 2 is 2.05 bits per heavy atom. The first kappa shape index (κ1) is 15.0. The van der Waals surface area contributed by atoms with Crippen LogP contribution in [-0.4, -0.2) is 22.0 Å². The Bertz CT molecular complexity index is 720. The maximum Gasteiger partial charge on any atom is 0.321 e. The van der Waals surface area contributed by atoms with E-state index in [1.54, 1.807) is 12.1 Å². The molecule has 0 fully saturated rings. The highest BCUT2D eigenvalue weighted by Gasteiger charge is 2.31. The Morgan fingerprint density at radius 3 is 2.77 bits per heavy atom. The van der Waals surface area contributed by atoms with E-state index in [-0.39, 0.29) is 5.82 Å². The number of hydrogen-bond donors (Lipinski definition) is 1. The van der Waals surface area contributed by atoms with E-state index < -0.39 is 12.0 Å². The molecule has 0 bridgehead atoms. The lowest BCUT2D eigenvalue weighted by Gasteiger charge is -2.34. The Morgan fingerprint density at radius 1 is 1.27 bits per heavy atom. The summed E-state index contributed by atoms with van der Waals surface area (Å²) < 4.78 is 13.4. The molecule has 5 heteroatoms. The average Bonchev–Trinajstić information content (AvgIpc) is 2.48. The van der Waals surface area contributed by atoms with E-state index in [2.05, 4.69) is 0 Å². The van der Waals surface area contributed by atoms with E-state index in [9.17, 15) is 14.3 Å². The van der Waals surface area contributed by atoms with Crippen molar-refractivity contribution in [1.82, 2.24) is 4.90 Å². The highest BCUT2D eigenvalue weighted by atomic mass is 35.5. The van der Waals surface area contributed by atoms with Gasteiger partial charge in [0.15, 0.2) is 0 Å². The smallest absolute Gasteiger partial charge is 0.321 e. The first-order valence-corrected chi connectivity index (χ1v) is 7.40. The van der Waals surface area contributed by atoms with Gasteiger partial charge in [0.2, 0.25) is 0 Å². The molecule has 0 amide bonds. The van der Waals surface area contributed by atoms with Crippen molar-refractivity contribution >= 4 is 17.6 Å². The normalized spacial score (nSPS) is 18.0. The van der Waals surface area contributed by atoms with E-state index in [1.165, 1.54) is 12.1 Å². The van der Waals surface area contributed by atoms with Crippen molar-refractivity contribution in [2.24, 2.45) is 0 Å². The van der Waals surface area contributed by atoms with Gasteiger partial charge in [0.1, 0.15) is 11.9 Å². The summed E-state index contributed by atoms with van der Waals surface area (Å²) in [6.07, 6.45) is 0.370. The van der Waals surface area contributed by atoms with E-state index >= 15 is 0 Å². The van der Waals surface area contributed by atoms with Gasteiger partial charge >= 0.3 is 5.97 Å². The molecule has 1 atom stereocenters. The van der Waals surface area contributed by atoms with E-state index in [0.717, 1.165) is 16.7 Å². The largest absolute Gasteiger partial charge is 0.480 e. The SMILES string of the molecule is O=C(O)[C@@H]1Cc2ccc(F)cc2CN1Cc1ccccc1Cl. The second-order valence-electron chi connectivity index (χ2n) is 5.47. The van der Waals surface area contributed by atoms with Gasteiger partial charge in [-0.2, -0.15) is 0 Å². The second kappa shape index (κ2) is 6.07. The quantitative estimate of drug-likeness (QED) is 0.941. The fraction of sp³-hybridized carbons (Fsp3) is 0.235. The molecule has 0 spiro atoms. The molecule has 0 radical (unpaired) electrons. The molecular formula is C17H15ClFNO2. The summed E-state index contributed by atoms with van der Waals surface area (Å²) in [5, 5.41) is 10.1. The zero-order valence-corrected chi connectivity index (χ0v) is 12.6. The van der Waals surface area contributed by atoms with Crippen LogP contribution in [0, 0.1) is 5.82 Å². The number of carboxylic acid groups (broad SMARTS) is 1. The number of fused-ring (bicyclic) bond motifs is 1. The van der Waals surface area contributed by atoms with Crippen LogP contribution in [0.3, 0.4) is 0 Å². The Labute approximate surface area is 132 Å². The molecule has 1 aliphatic heterocycles. The van der Waals surface area contributed by atoms with Crippen molar-refractivity contribution in [3.05, 3.63) is 70.0 Å². The number of carboxylic acids is 1. The molecule has 3 rings (SSSR count). The summed E-state index contributed by atoms with van der Waals surface area (Å²) in [5.41, 5.74) is 2.60. The molecule has 0 unspecified atom stereocenters. The molecule has 3 nitrogen and oxygen atoms in total. The Hall–Kier alpha value is -1.91. The molecule has 0 aromatic heterocycles. The zero-order valence-electron chi connectivity index (χ0n) is 11.8. The number of carbonyl (C=O) groups is 1. The van der Waals surface area contributed by atoms with Gasteiger partial charge in [-0.25, -0.2) is 4.39 Å². The van der Waals surface area contributed by atoms with Crippen LogP contribution in [0.15, 0.2) is 42.5 Å². The Kier molecular flexibility index (Phi) is 4.14. The van der Waals surface area contributed by atoms with E-state index in [4.69, 9.17) is 11.6 Å². The van der Waals surface area contributed by atoms with Gasteiger partial charge in [-0.1, -0.05) is 35.9 Å². The van der Waals surface area contributed by atoms with E-state index in [0.29, 0.717) is 24.5 Å². The van der Waals surface area contributed by atoms with Gasteiger partial charge in [0.25, 0.3) is 0 Å². The number of rotatable bonds is 3. The van der Waals surface area contributed by atoms with Gasteiger partial charge in [-0.15, -0.1) is 0 Å². The van der Waals surface area contributed by atoms with Crippen LogP contribution in [0.2, 0.25) is 5.02 Å². The minimum atomic E-state index is -0.873. The van der Waals surface area contributed by atoms with Crippen LogP contribution in [0.1, 0.15) is 16.7 Å². The first-order valence-electron chi connectivity index (χ1n) is 7.02. The van der Waals surface area contributed by atoms with Gasteiger partial charge in [-0.3, -0.25) is 9.69 Å². The molecule has 1 aliphatic rings. The third kappa shape index (κ3) is 2.98. The lowest BCUT2D eigenvalue weighted by atomic mass is 9.93. The molecule has 114 valence electrons. The van der Waals surface area contributed by atoms with Crippen molar-refractivity contribution in [1.29, 1.82) is 0 Å². The fourth-order valence-corrected chi connectivity index (χ4v) is 3.06. The van der Waals surface area contributed by atoms with Crippen LogP contribution in [0.4, 0.5) is 4.39 Å². The summed E-state index contributed by atoms with van der Waals surface area (Å²) in [7, 11) is 0. The van der Waals surface area contributed by atoms with Crippen molar-refractivity contribution in [3.8, 4) is 0 Å². The topological polar surface area (TPSA) is 40.5 Å². The summed E-state index contributed by atoms with van der Waals surface area (Å²) in [6.45, 7) is 0.821. The highest BCUT2D eigenvalue weighted by Crippen LogP contribution is 2.27. The molecule has 0 saturated carbocycles. The van der Waals surface area contributed by atoms with E-state index in [1.807, 2.05) is 23.1 Å². The maximum absolute atomic E-state index is 13.4. The van der Waals surface area contributed by atoms with Gasteiger partial charge in [0.05, 0.1) is 0 Å². The second-order valence-corrected chi connectivity index (χ2v) is 5.87. The minimum absolute atomic E-state index is 0.301. The molecule has 2 aromatic rings. The lowest BCUT2D eigenvalue weighted by Crippen LogP contribution is -2.45. The summed E-state index contributed by atoms with van der Waals surface area (Å²) >= 11 is 6.16. The predicted octanol–water partition coefficient (Wildman–Crippen LogP) is 3.49. The molecule has 22 heavy (non-hydrogen) atoms. The third-order valence-corrected chi connectivity index (χ3v) is 4.38. The monoisotopic (exact) mass is 319 g/mol. The molecule has 1 N–H and O–H groups in total.